The third kappa shape index (κ3) is 4.43. The lowest BCUT2D eigenvalue weighted by atomic mass is 9.99. The molecule has 0 aromatic heterocycles. The molecule has 0 saturated heterocycles. The van der Waals surface area contributed by atoms with Crippen LogP contribution in [-0.2, 0) is 22.4 Å². The fourth-order valence-electron chi connectivity index (χ4n) is 2.27. The number of carbonyl (C=O) groups is 2. The zero-order valence-corrected chi connectivity index (χ0v) is 13.2. The third-order valence-corrected chi connectivity index (χ3v) is 3.68. The maximum atomic E-state index is 10.8. The van der Waals surface area contributed by atoms with Gasteiger partial charge in [0.1, 0.15) is 0 Å². The van der Waals surface area contributed by atoms with E-state index in [9.17, 15) is 9.59 Å². The standard InChI is InChI=1S/C20H18O4/c1-13(19(21)22)11-15-3-7-17(8-4-15)18-9-5-16(6-10-18)12-14(2)20(23)24/h3-10H,1-2,11-12H2,(H,21,22)(H,23,24). The van der Waals surface area contributed by atoms with Crippen molar-refractivity contribution in [1.82, 2.24) is 0 Å². The van der Waals surface area contributed by atoms with Crippen molar-refractivity contribution < 1.29 is 19.8 Å². The molecule has 4 heteroatoms. The van der Waals surface area contributed by atoms with Gasteiger partial charge < -0.3 is 10.2 Å². The third-order valence-electron chi connectivity index (χ3n) is 3.68. The number of hydrogen-bond acceptors (Lipinski definition) is 2. The van der Waals surface area contributed by atoms with Gasteiger partial charge >= 0.3 is 11.9 Å². The van der Waals surface area contributed by atoms with Crippen LogP contribution in [0.4, 0.5) is 0 Å². The van der Waals surface area contributed by atoms with Gasteiger partial charge in [0.15, 0.2) is 0 Å². The summed E-state index contributed by atoms with van der Waals surface area (Å²) in [5.74, 6) is -1.98. The predicted octanol–water partition coefficient (Wildman–Crippen LogP) is 3.72. The lowest BCUT2D eigenvalue weighted by Crippen LogP contribution is -2.02. The van der Waals surface area contributed by atoms with E-state index in [2.05, 4.69) is 13.2 Å². The monoisotopic (exact) mass is 322 g/mol. The van der Waals surface area contributed by atoms with Gasteiger partial charge in [-0.2, -0.15) is 0 Å². The number of hydrogen-bond donors (Lipinski definition) is 2. The summed E-state index contributed by atoms with van der Waals surface area (Å²) in [5.41, 5.74) is 4.10. The Morgan fingerprint density at radius 3 is 1.21 bits per heavy atom. The van der Waals surface area contributed by atoms with Gasteiger partial charge in [-0.05, 0) is 22.3 Å². The molecule has 0 bridgehead atoms. The van der Waals surface area contributed by atoms with E-state index >= 15 is 0 Å². The van der Waals surface area contributed by atoms with Crippen molar-refractivity contribution in [3.63, 3.8) is 0 Å². The minimum Gasteiger partial charge on any atom is -0.478 e. The summed E-state index contributed by atoms with van der Waals surface area (Å²) in [6.45, 7) is 7.05. The summed E-state index contributed by atoms with van der Waals surface area (Å²) in [4.78, 5) is 21.6. The summed E-state index contributed by atoms with van der Waals surface area (Å²) < 4.78 is 0. The van der Waals surface area contributed by atoms with Crippen LogP contribution >= 0.6 is 0 Å². The molecule has 2 aromatic rings. The first-order valence-electron chi connectivity index (χ1n) is 7.37. The number of carboxylic acids is 2. The second-order valence-electron chi connectivity index (χ2n) is 5.56. The molecule has 122 valence electrons. The second kappa shape index (κ2) is 7.42. The van der Waals surface area contributed by atoms with E-state index in [4.69, 9.17) is 10.2 Å². The highest BCUT2D eigenvalue weighted by Gasteiger charge is 2.07. The summed E-state index contributed by atoms with van der Waals surface area (Å²) in [6.07, 6.45) is 0.623. The summed E-state index contributed by atoms with van der Waals surface area (Å²) in [7, 11) is 0. The van der Waals surface area contributed by atoms with Gasteiger partial charge in [-0.3, -0.25) is 0 Å². The van der Waals surface area contributed by atoms with Crippen LogP contribution in [0, 0.1) is 0 Å². The zero-order chi connectivity index (χ0) is 17.7. The molecule has 0 spiro atoms. The molecule has 0 heterocycles. The molecule has 2 N–H and O–H groups in total. The van der Waals surface area contributed by atoms with Crippen LogP contribution in [0.2, 0.25) is 0 Å². The lowest BCUT2D eigenvalue weighted by molar-refractivity contribution is -0.133. The van der Waals surface area contributed by atoms with Crippen molar-refractivity contribution in [2.75, 3.05) is 0 Å². The van der Waals surface area contributed by atoms with Gasteiger partial charge in [-0.15, -0.1) is 0 Å². The molecule has 0 fully saturated rings. The Morgan fingerprint density at radius 2 is 0.958 bits per heavy atom. The van der Waals surface area contributed by atoms with Crippen molar-refractivity contribution in [3.05, 3.63) is 84.0 Å². The summed E-state index contributed by atoms with van der Waals surface area (Å²) >= 11 is 0. The molecule has 4 nitrogen and oxygen atoms in total. The Labute approximate surface area is 140 Å². The average Bonchev–Trinajstić information content (AvgIpc) is 2.56. The number of benzene rings is 2. The van der Waals surface area contributed by atoms with Gasteiger partial charge in [0.05, 0.1) is 0 Å². The predicted molar refractivity (Wildman–Crippen MR) is 92.8 cm³/mol. The molecule has 0 aliphatic carbocycles. The van der Waals surface area contributed by atoms with E-state index in [1.54, 1.807) is 0 Å². The van der Waals surface area contributed by atoms with Crippen molar-refractivity contribution in [1.29, 1.82) is 0 Å². The van der Waals surface area contributed by atoms with Crippen molar-refractivity contribution in [2.45, 2.75) is 12.8 Å². The topological polar surface area (TPSA) is 74.6 Å². The Balaban J connectivity index is 2.09. The molecule has 2 aromatic carbocycles. The first kappa shape index (κ1) is 17.2. The Hall–Kier alpha value is -3.14. The second-order valence-corrected chi connectivity index (χ2v) is 5.56. The normalized spacial score (nSPS) is 10.2. The molecule has 0 amide bonds. The molecule has 0 atom stereocenters. The Morgan fingerprint density at radius 1 is 0.667 bits per heavy atom. The summed E-state index contributed by atoms with van der Waals surface area (Å²) in [5, 5.41) is 17.7. The molecule has 24 heavy (non-hydrogen) atoms. The van der Waals surface area contributed by atoms with Gasteiger partial charge in [0.2, 0.25) is 0 Å². The fourth-order valence-corrected chi connectivity index (χ4v) is 2.27. The van der Waals surface area contributed by atoms with E-state index in [1.807, 2.05) is 48.5 Å². The van der Waals surface area contributed by atoms with Gasteiger partial charge in [0, 0.05) is 24.0 Å². The molecule has 0 saturated carbocycles. The van der Waals surface area contributed by atoms with Crippen LogP contribution in [0.1, 0.15) is 11.1 Å². The Bertz CT molecular complexity index is 714. The smallest absolute Gasteiger partial charge is 0.331 e. The summed E-state index contributed by atoms with van der Waals surface area (Å²) in [6, 6.07) is 15.2. The largest absolute Gasteiger partial charge is 0.478 e. The lowest BCUT2D eigenvalue weighted by Gasteiger charge is -2.07. The minimum absolute atomic E-state index is 0.158. The Kier molecular flexibility index (Phi) is 5.32. The number of carboxylic acid groups (broad SMARTS) is 2. The van der Waals surface area contributed by atoms with E-state index < -0.39 is 11.9 Å². The number of aliphatic carboxylic acids is 2. The van der Waals surface area contributed by atoms with E-state index in [-0.39, 0.29) is 11.1 Å². The highest BCUT2D eigenvalue weighted by molar-refractivity contribution is 5.86. The molecule has 0 radical (unpaired) electrons. The van der Waals surface area contributed by atoms with Crippen LogP contribution in [0.25, 0.3) is 11.1 Å². The van der Waals surface area contributed by atoms with Crippen LogP contribution in [-0.4, -0.2) is 22.2 Å². The molecule has 2 rings (SSSR count). The first-order chi connectivity index (χ1) is 11.4. The van der Waals surface area contributed by atoms with E-state index in [1.165, 1.54) is 0 Å². The highest BCUT2D eigenvalue weighted by atomic mass is 16.4. The zero-order valence-electron chi connectivity index (χ0n) is 13.2. The SMILES string of the molecule is C=C(Cc1ccc(-c2ccc(CC(=C)C(=O)O)cc2)cc1)C(=O)O. The van der Waals surface area contributed by atoms with E-state index in [0.717, 1.165) is 22.3 Å². The van der Waals surface area contributed by atoms with E-state index in [0.29, 0.717) is 12.8 Å². The molecule has 0 unspecified atom stereocenters. The first-order valence-corrected chi connectivity index (χ1v) is 7.37. The van der Waals surface area contributed by atoms with Gasteiger partial charge in [0.25, 0.3) is 0 Å². The molecular formula is C20H18O4. The van der Waals surface area contributed by atoms with Crippen LogP contribution in [0.15, 0.2) is 72.8 Å². The van der Waals surface area contributed by atoms with Crippen molar-refractivity contribution in [3.8, 4) is 11.1 Å². The maximum Gasteiger partial charge on any atom is 0.331 e. The van der Waals surface area contributed by atoms with Crippen LogP contribution in [0.3, 0.4) is 0 Å². The minimum atomic E-state index is -0.988. The quantitative estimate of drug-likeness (QED) is 0.762. The highest BCUT2D eigenvalue weighted by Crippen LogP contribution is 2.22. The molecular weight excluding hydrogens is 304 g/mol. The van der Waals surface area contributed by atoms with Crippen molar-refractivity contribution in [2.24, 2.45) is 0 Å². The average molecular weight is 322 g/mol. The molecule has 0 aliphatic heterocycles. The fraction of sp³-hybridized carbons (Fsp3) is 0.100. The molecule has 0 aliphatic rings. The van der Waals surface area contributed by atoms with Crippen LogP contribution < -0.4 is 0 Å². The maximum absolute atomic E-state index is 10.8. The van der Waals surface area contributed by atoms with Gasteiger partial charge in [-0.1, -0.05) is 61.7 Å². The van der Waals surface area contributed by atoms with Gasteiger partial charge in [-0.25, -0.2) is 9.59 Å². The number of rotatable bonds is 7. The van der Waals surface area contributed by atoms with Crippen LogP contribution in [0.5, 0.6) is 0 Å². The van der Waals surface area contributed by atoms with Crippen molar-refractivity contribution >= 4 is 11.9 Å².